The average Bonchev–Trinajstić information content (AvgIpc) is 2.84. The maximum atomic E-state index is 13.5. The number of hydrogen-bond acceptors (Lipinski definition) is 5. The van der Waals surface area contributed by atoms with Crippen LogP contribution in [0.2, 0.25) is 0 Å². The standard InChI is InChI=1S/C12H15FN2O5S/c13-10-6-9(4-5-12(10)15(17)18)21(19,20)14-11-3-1-2-8(11)7-16/h4-6,8,11,14,16H,1-3,7H2. The highest BCUT2D eigenvalue weighted by atomic mass is 32.2. The molecule has 1 fully saturated rings. The molecule has 1 aliphatic rings. The van der Waals surface area contributed by atoms with E-state index in [-0.39, 0.29) is 17.4 Å². The van der Waals surface area contributed by atoms with E-state index >= 15 is 0 Å². The van der Waals surface area contributed by atoms with E-state index in [0.29, 0.717) is 12.5 Å². The minimum absolute atomic E-state index is 0.123. The minimum atomic E-state index is -3.98. The number of halogens is 1. The molecule has 2 N–H and O–H groups in total. The van der Waals surface area contributed by atoms with Crippen LogP contribution in [0.3, 0.4) is 0 Å². The van der Waals surface area contributed by atoms with Crippen LogP contribution in [-0.2, 0) is 10.0 Å². The van der Waals surface area contributed by atoms with Crippen LogP contribution >= 0.6 is 0 Å². The van der Waals surface area contributed by atoms with Crippen LogP contribution in [0.15, 0.2) is 23.1 Å². The highest BCUT2D eigenvalue weighted by Crippen LogP contribution is 2.27. The van der Waals surface area contributed by atoms with Crippen LogP contribution in [0.25, 0.3) is 0 Å². The number of nitro groups is 1. The third-order valence-corrected chi connectivity index (χ3v) is 5.11. The van der Waals surface area contributed by atoms with Crippen molar-refractivity contribution in [2.45, 2.75) is 30.2 Å². The quantitative estimate of drug-likeness (QED) is 0.625. The van der Waals surface area contributed by atoms with Crippen molar-refractivity contribution < 1.29 is 22.8 Å². The maximum Gasteiger partial charge on any atom is 0.304 e. The molecule has 1 aromatic rings. The van der Waals surface area contributed by atoms with Gasteiger partial charge in [0.2, 0.25) is 15.8 Å². The molecule has 1 aliphatic carbocycles. The lowest BCUT2D eigenvalue weighted by atomic mass is 10.1. The van der Waals surface area contributed by atoms with Crippen molar-refractivity contribution in [3.8, 4) is 0 Å². The maximum absolute atomic E-state index is 13.5. The Morgan fingerprint density at radius 3 is 2.71 bits per heavy atom. The van der Waals surface area contributed by atoms with E-state index in [9.17, 15) is 28.0 Å². The van der Waals surface area contributed by atoms with Crippen molar-refractivity contribution in [2.75, 3.05) is 6.61 Å². The van der Waals surface area contributed by atoms with E-state index in [1.165, 1.54) is 0 Å². The summed E-state index contributed by atoms with van der Waals surface area (Å²) in [6.07, 6.45) is 2.12. The summed E-state index contributed by atoms with van der Waals surface area (Å²) in [6, 6.07) is 2.04. The van der Waals surface area contributed by atoms with Gasteiger partial charge < -0.3 is 5.11 Å². The highest BCUT2D eigenvalue weighted by molar-refractivity contribution is 7.89. The van der Waals surface area contributed by atoms with E-state index in [0.717, 1.165) is 25.0 Å². The number of benzene rings is 1. The first kappa shape index (κ1) is 15.8. The third-order valence-electron chi connectivity index (χ3n) is 3.63. The molecular weight excluding hydrogens is 303 g/mol. The smallest absolute Gasteiger partial charge is 0.304 e. The second-order valence-corrected chi connectivity index (χ2v) is 6.69. The van der Waals surface area contributed by atoms with Gasteiger partial charge in [0, 0.05) is 24.8 Å². The van der Waals surface area contributed by atoms with E-state index in [1.54, 1.807) is 0 Å². The Kier molecular flexibility index (Phi) is 4.55. The largest absolute Gasteiger partial charge is 0.396 e. The minimum Gasteiger partial charge on any atom is -0.396 e. The molecule has 0 heterocycles. The summed E-state index contributed by atoms with van der Waals surface area (Å²) >= 11 is 0. The zero-order valence-electron chi connectivity index (χ0n) is 11.0. The molecule has 0 saturated heterocycles. The Morgan fingerprint density at radius 1 is 1.43 bits per heavy atom. The van der Waals surface area contributed by atoms with Crippen LogP contribution in [0.1, 0.15) is 19.3 Å². The lowest BCUT2D eigenvalue weighted by molar-refractivity contribution is -0.387. The molecule has 2 rings (SSSR count). The first-order chi connectivity index (χ1) is 9.85. The van der Waals surface area contributed by atoms with Gasteiger partial charge in [-0.2, -0.15) is 4.39 Å². The fourth-order valence-electron chi connectivity index (χ4n) is 2.48. The van der Waals surface area contributed by atoms with Gasteiger partial charge in [0.15, 0.2) is 0 Å². The number of nitro benzene ring substituents is 1. The summed E-state index contributed by atoms with van der Waals surface area (Å²) in [7, 11) is -3.98. The molecule has 0 aromatic heterocycles. The number of sulfonamides is 1. The summed E-state index contributed by atoms with van der Waals surface area (Å²) in [5.74, 6) is -1.37. The first-order valence-corrected chi connectivity index (χ1v) is 7.90. The lowest BCUT2D eigenvalue weighted by Gasteiger charge is -2.19. The topological polar surface area (TPSA) is 110 Å². The molecule has 0 aliphatic heterocycles. The molecule has 0 amide bonds. The number of aliphatic hydroxyl groups is 1. The Balaban J connectivity index is 2.23. The Morgan fingerprint density at radius 2 is 2.14 bits per heavy atom. The van der Waals surface area contributed by atoms with Gasteiger partial charge in [0.25, 0.3) is 0 Å². The van der Waals surface area contributed by atoms with Crippen LogP contribution < -0.4 is 4.72 Å². The highest BCUT2D eigenvalue weighted by Gasteiger charge is 2.31. The summed E-state index contributed by atoms with van der Waals surface area (Å²) in [4.78, 5) is 9.23. The van der Waals surface area contributed by atoms with E-state index in [2.05, 4.69) is 4.72 Å². The van der Waals surface area contributed by atoms with Crippen molar-refractivity contribution in [1.29, 1.82) is 0 Å². The second-order valence-electron chi connectivity index (χ2n) is 4.97. The molecule has 9 heteroatoms. The van der Waals surface area contributed by atoms with E-state index in [1.807, 2.05) is 0 Å². The molecular formula is C12H15FN2O5S. The molecule has 116 valence electrons. The molecule has 0 radical (unpaired) electrons. The number of nitrogens with one attached hydrogen (secondary N) is 1. The van der Waals surface area contributed by atoms with Crippen LogP contribution in [0.4, 0.5) is 10.1 Å². The van der Waals surface area contributed by atoms with E-state index in [4.69, 9.17) is 0 Å². The van der Waals surface area contributed by atoms with Crippen molar-refractivity contribution in [2.24, 2.45) is 5.92 Å². The fourth-order valence-corrected chi connectivity index (χ4v) is 3.83. The normalized spacial score (nSPS) is 22.4. The predicted octanol–water partition coefficient (Wildman–Crippen LogP) is 1.17. The molecule has 0 bridgehead atoms. The van der Waals surface area contributed by atoms with Gasteiger partial charge >= 0.3 is 5.69 Å². The van der Waals surface area contributed by atoms with Gasteiger partial charge in [-0.15, -0.1) is 0 Å². The summed E-state index contributed by atoms with van der Waals surface area (Å²) in [6.45, 7) is -0.123. The molecule has 2 atom stereocenters. The van der Waals surface area contributed by atoms with Gasteiger partial charge in [0.1, 0.15) is 0 Å². The van der Waals surface area contributed by atoms with Crippen molar-refractivity contribution in [1.82, 2.24) is 4.72 Å². The summed E-state index contributed by atoms with van der Waals surface area (Å²) in [5, 5.41) is 19.7. The van der Waals surface area contributed by atoms with Crippen molar-refractivity contribution in [3.63, 3.8) is 0 Å². The van der Waals surface area contributed by atoms with Crippen LogP contribution in [-0.4, -0.2) is 31.1 Å². The molecule has 1 aromatic carbocycles. The average molecular weight is 318 g/mol. The van der Waals surface area contributed by atoms with Gasteiger partial charge in [-0.05, 0) is 24.8 Å². The van der Waals surface area contributed by atoms with Gasteiger partial charge in [0.05, 0.1) is 9.82 Å². The van der Waals surface area contributed by atoms with E-state index < -0.39 is 32.5 Å². The van der Waals surface area contributed by atoms with Crippen molar-refractivity contribution >= 4 is 15.7 Å². The predicted molar refractivity (Wildman–Crippen MR) is 71.6 cm³/mol. The van der Waals surface area contributed by atoms with Gasteiger partial charge in [-0.1, -0.05) is 6.42 Å². The van der Waals surface area contributed by atoms with Crippen LogP contribution in [0.5, 0.6) is 0 Å². The molecule has 0 spiro atoms. The summed E-state index contributed by atoms with van der Waals surface area (Å²) in [5.41, 5.74) is -0.775. The second kappa shape index (κ2) is 6.04. The number of hydrogen-bond donors (Lipinski definition) is 2. The van der Waals surface area contributed by atoms with Gasteiger partial charge in [-0.3, -0.25) is 10.1 Å². The van der Waals surface area contributed by atoms with Crippen molar-refractivity contribution in [3.05, 3.63) is 34.1 Å². The first-order valence-electron chi connectivity index (χ1n) is 6.42. The molecule has 7 nitrogen and oxygen atoms in total. The SMILES string of the molecule is O=[N+]([O-])c1ccc(S(=O)(=O)NC2CCCC2CO)cc1F. The summed E-state index contributed by atoms with van der Waals surface area (Å²) < 4.78 is 40.2. The number of nitrogens with zero attached hydrogens (tertiary/aromatic N) is 1. The third kappa shape index (κ3) is 3.36. The monoisotopic (exact) mass is 318 g/mol. The Bertz CT molecular complexity index is 649. The lowest BCUT2D eigenvalue weighted by Crippen LogP contribution is -2.38. The number of rotatable bonds is 5. The zero-order valence-corrected chi connectivity index (χ0v) is 11.8. The van der Waals surface area contributed by atoms with Gasteiger partial charge in [-0.25, -0.2) is 13.1 Å². The Hall–Kier alpha value is -1.58. The molecule has 1 saturated carbocycles. The van der Waals surface area contributed by atoms with Crippen LogP contribution in [0, 0.1) is 21.8 Å². The zero-order chi connectivity index (χ0) is 15.6. The molecule has 2 unspecified atom stereocenters. The fraction of sp³-hybridized carbons (Fsp3) is 0.500. The number of aliphatic hydroxyl groups excluding tert-OH is 1. The Labute approximate surface area is 121 Å². The molecule has 21 heavy (non-hydrogen) atoms.